The van der Waals surface area contributed by atoms with Crippen LogP contribution in [0.2, 0.25) is 0 Å². The molecule has 0 saturated carbocycles. The highest BCUT2D eigenvalue weighted by Gasteiger charge is 2.32. The van der Waals surface area contributed by atoms with E-state index in [1.54, 1.807) is 0 Å². The van der Waals surface area contributed by atoms with E-state index in [1.807, 2.05) is 18.7 Å². The molecule has 1 rings (SSSR count). The monoisotopic (exact) mass is 246 g/mol. The van der Waals surface area contributed by atoms with Crippen LogP contribution in [0, 0.1) is 5.92 Å². The maximum atomic E-state index is 11.6. The SMILES string of the molecule is CSC1(CNC(=O)C(C)CN)CCOCC1. The molecule has 0 aromatic rings. The van der Waals surface area contributed by atoms with Crippen LogP contribution in [-0.4, -0.2) is 43.2 Å². The van der Waals surface area contributed by atoms with Crippen molar-refractivity contribution in [2.24, 2.45) is 11.7 Å². The van der Waals surface area contributed by atoms with E-state index in [-0.39, 0.29) is 16.6 Å². The molecular weight excluding hydrogens is 224 g/mol. The molecule has 0 aromatic carbocycles. The minimum atomic E-state index is -0.0984. The minimum Gasteiger partial charge on any atom is -0.381 e. The molecule has 1 unspecified atom stereocenters. The molecule has 4 nitrogen and oxygen atoms in total. The first-order valence-corrected chi connectivity index (χ1v) is 6.97. The smallest absolute Gasteiger partial charge is 0.224 e. The summed E-state index contributed by atoms with van der Waals surface area (Å²) in [5.41, 5.74) is 5.46. The first kappa shape index (κ1) is 13.8. The lowest BCUT2D eigenvalue weighted by atomic mass is 9.98. The van der Waals surface area contributed by atoms with Crippen molar-refractivity contribution in [1.29, 1.82) is 0 Å². The molecule has 0 spiro atoms. The molecule has 0 bridgehead atoms. The molecule has 16 heavy (non-hydrogen) atoms. The van der Waals surface area contributed by atoms with E-state index in [2.05, 4.69) is 11.6 Å². The van der Waals surface area contributed by atoms with Crippen LogP contribution in [0.25, 0.3) is 0 Å². The maximum absolute atomic E-state index is 11.6. The van der Waals surface area contributed by atoms with Crippen molar-refractivity contribution in [2.45, 2.75) is 24.5 Å². The Hall–Kier alpha value is -0.260. The van der Waals surface area contributed by atoms with Crippen molar-refractivity contribution in [3.05, 3.63) is 0 Å². The van der Waals surface area contributed by atoms with E-state index in [0.29, 0.717) is 6.54 Å². The molecule has 0 aliphatic carbocycles. The second-order valence-electron chi connectivity index (χ2n) is 4.35. The zero-order chi connectivity index (χ0) is 12.0. The number of ether oxygens (including phenoxy) is 1. The Bertz CT molecular complexity index is 230. The Balaban J connectivity index is 2.41. The molecular formula is C11H22N2O2S. The van der Waals surface area contributed by atoms with Crippen LogP contribution in [0.5, 0.6) is 0 Å². The Morgan fingerprint density at radius 2 is 2.19 bits per heavy atom. The van der Waals surface area contributed by atoms with Gasteiger partial charge in [-0.3, -0.25) is 4.79 Å². The van der Waals surface area contributed by atoms with E-state index < -0.39 is 0 Å². The standard InChI is InChI=1S/C11H22N2O2S/c1-9(7-12)10(14)13-8-11(16-2)3-5-15-6-4-11/h9H,3-8,12H2,1-2H3,(H,13,14). The van der Waals surface area contributed by atoms with Crippen molar-refractivity contribution in [1.82, 2.24) is 5.32 Å². The van der Waals surface area contributed by atoms with Crippen molar-refractivity contribution in [2.75, 3.05) is 32.6 Å². The van der Waals surface area contributed by atoms with Crippen molar-refractivity contribution in [3.63, 3.8) is 0 Å². The zero-order valence-corrected chi connectivity index (χ0v) is 10.9. The van der Waals surface area contributed by atoms with Crippen molar-refractivity contribution < 1.29 is 9.53 Å². The quantitative estimate of drug-likeness (QED) is 0.746. The number of thioether (sulfide) groups is 1. The number of nitrogens with two attached hydrogens (primary N) is 1. The molecule has 1 atom stereocenters. The summed E-state index contributed by atoms with van der Waals surface area (Å²) >= 11 is 1.83. The number of carbonyl (C=O) groups excluding carboxylic acids is 1. The van der Waals surface area contributed by atoms with Crippen LogP contribution in [0.3, 0.4) is 0 Å². The zero-order valence-electron chi connectivity index (χ0n) is 10.1. The third-order valence-electron chi connectivity index (χ3n) is 3.22. The molecule has 5 heteroatoms. The molecule has 1 aliphatic heterocycles. The van der Waals surface area contributed by atoms with Crippen LogP contribution in [0.1, 0.15) is 19.8 Å². The largest absolute Gasteiger partial charge is 0.381 e. The summed E-state index contributed by atoms with van der Waals surface area (Å²) < 4.78 is 5.51. The lowest BCUT2D eigenvalue weighted by Crippen LogP contribution is -2.46. The number of carbonyl (C=O) groups is 1. The van der Waals surface area contributed by atoms with Gasteiger partial charge in [0, 0.05) is 37.0 Å². The molecule has 1 saturated heterocycles. The number of hydrogen-bond acceptors (Lipinski definition) is 4. The number of amides is 1. The van der Waals surface area contributed by atoms with Crippen LogP contribution >= 0.6 is 11.8 Å². The van der Waals surface area contributed by atoms with E-state index >= 15 is 0 Å². The normalized spacial score (nSPS) is 21.4. The highest BCUT2D eigenvalue weighted by molar-refractivity contribution is 8.00. The second-order valence-corrected chi connectivity index (χ2v) is 5.63. The van der Waals surface area contributed by atoms with Gasteiger partial charge < -0.3 is 15.8 Å². The first-order valence-electron chi connectivity index (χ1n) is 5.74. The van der Waals surface area contributed by atoms with Gasteiger partial charge in [0.15, 0.2) is 0 Å². The third-order valence-corrected chi connectivity index (χ3v) is 4.64. The molecule has 0 aromatic heterocycles. The average Bonchev–Trinajstić information content (AvgIpc) is 2.36. The summed E-state index contributed by atoms with van der Waals surface area (Å²) in [6.45, 7) is 4.57. The molecule has 1 aliphatic rings. The van der Waals surface area contributed by atoms with Gasteiger partial charge in [-0.2, -0.15) is 11.8 Å². The van der Waals surface area contributed by atoms with Gasteiger partial charge in [0.05, 0.1) is 0 Å². The maximum Gasteiger partial charge on any atom is 0.224 e. The Morgan fingerprint density at radius 1 is 1.56 bits per heavy atom. The fraction of sp³-hybridized carbons (Fsp3) is 0.909. The fourth-order valence-electron chi connectivity index (χ4n) is 1.73. The second kappa shape index (κ2) is 6.47. The average molecular weight is 246 g/mol. The summed E-state index contributed by atoms with van der Waals surface area (Å²) in [5.74, 6) is -0.0406. The molecule has 94 valence electrons. The number of hydrogen-bond donors (Lipinski definition) is 2. The Morgan fingerprint density at radius 3 is 2.69 bits per heavy atom. The van der Waals surface area contributed by atoms with Gasteiger partial charge in [-0.1, -0.05) is 6.92 Å². The third kappa shape index (κ3) is 3.64. The van der Waals surface area contributed by atoms with Gasteiger partial charge >= 0.3 is 0 Å². The van der Waals surface area contributed by atoms with Gasteiger partial charge in [0.25, 0.3) is 0 Å². The van der Waals surface area contributed by atoms with Gasteiger partial charge in [-0.05, 0) is 19.1 Å². The van der Waals surface area contributed by atoms with E-state index in [1.165, 1.54) is 0 Å². The van der Waals surface area contributed by atoms with Gasteiger partial charge in [0.1, 0.15) is 0 Å². The first-order chi connectivity index (χ1) is 7.63. The van der Waals surface area contributed by atoms with Crippen molar-refractivity contribution in [3.8, 4) is 0 Å². The molecule has 1 fully saturated rings. The fourth-order valence-corrected chi connectivity index (χ4v) is 2.52. The molecule has 0 radical (unpaired) electrons. The topological polar surface area (TPSA) is 64.4 Å². The van der Waals surface area contributed by atoms with Crippen molar-refractivity contribution >= 4 is 17.7 Å². The van der Waals surface area contributed by atoms with Gasteiger partial charge in [-0.25, -0.2) is 0 Å². The van der Waals surface area contributed by atoms with Crippen LogP contribution in [0.4, 0.5) is 0 Å². The summed E-state index contributed by atoms with van der Waals surface area (Å²) in [7, 11) is 0. The predicted molar refractivity (Wildman–Crippen MR) is 67.5 cm³/mol. The lowest BCUT2D eigenvalue weighted by molar-refractivity contribution is -0.124. The van der Waals surface area contributed by atoms with Gasteiger partial charge in [0.2, 0.25) is 5.91 Å². The van der Waals surface area contributed by atoms with Crippen LogP contribution in [0.15, 0.2) is 0 Å². The lowest BCUT2D eigenvalue weighted by Gasteiger charge is -2.35. The summed E-state index contributed by atoms with van der Waals surface area (Å²) in [5, 5.41) is 3.00. The minimum absolute atomic E-state index is 0.0578. The molecule has 1 amide bonds. The summed E-state index contributed by atoms with van der Waals surface area (Å²) in [4.78, 5) is 11.6. The summed E-state index contributed by atoms with van der Waals surface area (Å²) in [6.07, 6.45) is 4.11. The number of rotatable bonds is 5. The predicted octanol–water partition coefficient (Wildman–Crippen LogP) is 0.610. The molecule has 1 heterocycles. The van der Waals surface area contributed by atoms with E-state index in [4.69, 9.17) is 10.5 Å². The highest BCUT2D eigenvalue weighted by atomic mass is 32.2. The summed E-state index contributed by atoms with van der Waals surface area (Å²) in [6, 6.07) is 0. The van der Waals surface area contributed by atoms with E-state index in [9.17, 15) is 4.79 Å². The highest BCUT2D eigenvalue weighted by Crippen LogP contribution is 2.32. The molecule has 3 N–H and O–H groups in total. The Labute approximate surface area is 102 Å². The van der Waals surface area contributed by atoms with E-state index in [0.717, 1.165) is 32.6 Å². The van der Waals surface area contributed by atoms with Crippen LogP contribution in [-0.2, 0) is 9.53 Å². The van der Waals surface area contributed by atoms with Crippen LogP contribution < -0.4 is 11.1 Å². The number of nitrogens with one attached hydrogen (secondary N) is 1. The van der Waals surface area contributed by atoms with Gasteiger partial charge in [-0.15, -0.1) is 0 Å². The Kier molecular flexibility index (Phi) is 5.58.